The lowest BCUT2D eigenvalue weighted by atomic mass is 10.1. The van der Waals surface area contributed by atoms with Gasteiger partial charge in [-0.1, -0.05) is 24.3 Å². The number of rotatable bonds is 6. The summed E-state index contributed by atoms with van der Waals surface area (Å²) in [5, 5.41) is 13.9. The summed E-state index contributed by atoms with van der Waals surface area (Å²) in [5.41, 5.74) is 2.70. The molecule has 0 aliphatic carbocycles. The van der Waals surface area contributed by atoms with E-state index < -0.39 is 4.92 Å². The third-order valence-electron chi connectivity index (χ3n) is 4.53. The minimum atomic E-state index is -0.497. The SMILES string of the molecule is COc1cccc(-c2nc3ccc(NC(=O)Cc4ccccc4[N+](=O)[O-])cc3o2)c1. The summed E-state index contributed by atoms with van der Waals surface area (Å²) in [6, 6.07) is 18.6. The Balaban J connectivity index is 1.54. The van der Waals surface area contributed by atoms with Gasteiger partial charge in [0.25, 0.3) is 5.69 Å². The predicted molar refractivity (Wildman–Crippen MR) is 111 cm³/mol. The molecule has 0 aliphatic rings. The van der Waals surface area contributed by atoms with Gasteiger partial charge < -0.3 is 14.5 Å². The maximum absolute atomic E-state index is 12.4. The molecule has 3 aromatic carbocycles. The van der Waals surface area contributed by atoms with Crippen molar-refractivity contribution in [3.63, 3.8) is 0 Å². The van der Waals surface area contributed by atoms with E-state index in [1.807, 2.05) is 24.3 Å². The standard InChI is InChI=1S/C22H17N3O5/c1-29-17-7-4-6-15(11-17)22-24-18-10-9-16(13-20(18)30-22)23-21(26)12-14-5-2-3-8-19(14)25(27)28/h2-11,13H,12H2,1H3,(H,23,26). The van der Waals surface area contributed by atoms with Crippen molar-refractivity contribution in [1.82, 2.24) is 4.98 Å². The van der Waals surface area contributed by atoms with Crippen LogP contribution in [0.2, 0.25) is 0 Å². The molecule has 0 saturated heterocycles. The quantitative estimate of drug-likeness (QED) is 0.373. The van der Waals surface area contributed by atoms with Crippen LogP contribution in [0.15, 0.2) is 71.1 Å². The highest BCUT2D eigenvalue weighted by atomic mass is 16.6. The summed E-state index contributed by atoms with van der Waals surface area (Å²) in [6.45, 7) is 0. The molecule has 0 fully saturated rings. The molecule has 8 nitrogen and oxygen atoms in total. The van der Waals surface area contributed by atoms with Gasteiger partial charge in [-0.15, -0.1) is 0 Å². The second-order valence-electron chi connectivity index (χ2n) is 6.54. The van der Waals surface area contributed by atoms with Gasteiger partial charge in [0, 0.05) is 28.9 Å². The summed E-state index contributed by atoms with van der Waals surface area (Å²) >= 11 is 0. The molecule has 8 heteroatoms. The predicted octanol–water partition coefficient (Wildman–Crippen LogP) is 4.59. The van der Waals surface area contributed by atoms with Crippen LogP contribution in [0.25, 0.3) is 22.6 Å². The van der Waals surface area contributed by atoms with Crippen molar-refractivity contribution in [2.24, 2.45) is 0 Å². The van der Waals surface area contributed by atoms with E-state index in [1.165, 1.54) is 6.07 Å². The molecule has 0 saturated carbocycles. The van der Waals surface area contributed by atoms with Crippen molar-refractivity contribution < 1.29 is 18.9 Å². The molecule has 150 valence electrons. The fourth-order valence-electron chi connectivity index (χ4n) is 3.10. The number of nitro groups is 1. The zero-order valence-electron chi connectivity index (χ0n) is 16.0. The van der Waals surface area contributed by atoms with Crippen molar-refractivity contribution in [2.45, 2.75) is 6.42 Å². The highest BCUT2D eigenvalue weighted by Gasteiger charge is 2.16. The van der Waals surface area contributed by atoms with Crippen LogP contribution < -0.4 is 10.1 Å². The highest BCUT2D eigenvalue weighted by molar-refractivity contribution is 5.94. The average molecular weight is 403 g/mol. The number of nitro benzene ring substituents is 1. The van der Waals surface area contributed by atoms with E-state index in [9.17, 15) is 14.9 Å². The molecule has 30 heavy (non-hydrogen) atoms. The van der Waals surface area contributed by atoms with Gasteiger partial charge in [0.1, 0.15) is 11.3 Å². The molecule has 1 amide bonds. The molecule has 1 N–H and O–H groups in total. The first-order chi connectivity index (χ1) is 14.5. The highest BCUT2D eigenvalue weighted by Crippen LogP contribution is 2.28. The maximum atomic E-state index is 12.4. The Hall–Kier alpha value is -4.20. The first-order valence-corrected chi connectivity index (χ1v) is 9.10. The van der Waals surface area contributed by atoms with E-state index >= 15 is 0 Å². The topological polar surface area (TPSA) is 108 Å². The maximum Gasteiger partial charge on any atom is 0.273 e. The minimum absolute atomic E-state index is 0.0822. The monoisotopic (exact) mass is 403 g/mol. The van der Waals surface area contributed by atoms with E-state index in [0.29, 0.717) is 34.0 Å². The number of carbonyl (C=O) groups is 1. The Morgan fingerprint density at radius 1 is 1.13 bits per heavy atom. The Labute approximate surface area is 171 Å². The molecule has 1 aromatic heterocycles. The number of amides is 1. The largest absolute Gasteiger partial charge is 0.497 e. The average Bonchev–Trinajstić information content (AvgIpc) is 3.17. The van der Waals surface area contributed by atoms with Crippen molar-refractivity contribution >= 4 is 28.4 Å². The lowest BCUT2D eigenvalue weighted by molar-refractivity contribution is -0.385. The first kappa shape index (κ1) is 19.1. The van der Waals surface area contributed by atoms with Crippen LogP contribution in [0.4, 0.5) is 11.4 Å². The Morgan fingerprint density at radius 3 is 2.77 bits per heavy atom. The molecule has 1 heterocycles. The molecule has 0 unspecified atom stereocenters. The van der Waals surface area contributed by atoms with Crippen LogP contribution in [0.3, 0.4) is 0 Å². The summed E-state index contributed by atoms with van der Waals surface area (Å²) < 4.78 is 11.1. The van der Waals surface area contributed by atoms with Crippen LogP contribution >= 0.6 is 0 Å². The fourth-order valence-corrected chi connectivity index (χ4v) is 3.10. The number of carbonyl (C=O) groups excluding carboxylic acids is 1. The second kappa shape index (κ2) is 8.04. The van der Waals surface area contributed by atoms with Gasteiger partial charge >= 0.3 is 0 Å². The number of anilines is 1. The van der Waals surface area contributed by atoms with Gasteiger partial charge in [-0.2, -0.15) is 0 Å². The summed E-state index contributed by atoms with van der Waals surface area (Å²) in [5.74, 6) is 0.765. The molecule has 0 spiro atoms. The smallest absolute Gasteiger partial charge is 0.273 e. The minimum Gasteiger partial charge on any atom is -0.497 e. The number of oxazole rings is 1. The van der Waals surface area contributed by atoms with Crippen LogP contribution in [0, 0.1) is 10.1 Å². The third-order valence-corrected chi connectivity index (χ3v) is 4.53. The van der Waals surface area contributed by atoms with E-state index in [-0.39, 0.29) is 18.0 Å². The lowest BCUT2D eigenvalue weighted by Crippen LogP contribution is -2.15. The Bertz CT molecular complexity index is 1250. The van der Waals surface area contributed by atoms with Gasteiger partial charge in [0.2, 0.25) is 11.8 Å². The number of nitrogens with one attached hydrogen (secondary N) is 1. The molecule has 0 aliphatic heterocycles. The third kappa shape index (κ3) is 3.97. The van der Waals surface area contributed by atoms with Crippen molar-refractivity contribution in [1.29, 1.82) is 0 Å². The van der Waals surface area contributed by atoms with E-state index in [0.717, 1.165) is 5.56 Å². The molecular formula is C22H17N3O5. The van der Waals surface area contributed by atoms with Crippen LogP contribution in [-0.2, 0) is 11.2 Å². The van der Waals surface area contributed by atoms with Crippen molar-refractivity contribution in [3.8, 4) is 17.2 Å². The normalized spacial score (nSPS) is 10.7. The molecule has 4 aromatic rings. The zero-order valence-corrected chi connectivity index (χ0v) is 16.0. The number of aromatic nitrogens is 1. The van der Waals surface area contributed by atoms with E-state index in [1.54, 1.807) is 43.5 Å². The zero-order chi connectivity index (χ0) is 21.1. The number of methoxy groups -OCH3 is 1. The number of hydrogen-bond donors (Lipinski definition) is 1. The molecule has 0 radical (unpaired) electrons. The van der Waals surface area contributed by atoms with Crippen molar-refractivity contribution in [3.05, 3.63) is 82.4 Å². The van der Waals surface area contributed by atoms with Gasteiger partial charge in [-0.05, 0) is 30.3 Å². The van der Waals surface area contributed by atoms with Crippen molar-refractivity contribution in [2.75, 3.05) is 12.4 Å². The van der Waals surface area contributed by atoms with E-state index in [4.69, 9.17) is 9.15 Å². The summed E-state index contributed by atoms with van der Waals surface area (Å²) in [7, 11) is 1.59. The fraction of sp³-hybridized carbons (Fsp3) is 0.0909. The summed E-state index contributed by atoms with van der Waals surface area (Å²) in [4.78, 5) is 27.5. The number of para-hydroxylation sites is 1. The number of hydrogen-bond acceptors (Lipinski definition) is 6. The lowest BCUT2D eigenvalue weighted by Gasteiger charge is -2.05. The number of fused-ring (bicyclic) bond motifs is 1. The summed E-state index contributed by atoms with van der Waals surface area (Å²) in [6.07, 6.45) is -0.110. The van der Waals surface area contributed by atoms with Crippen LogP contribution in [-0.4, -0.2) is 22.9 Å². The number of nitrogens with zero attached hydrogens (tertiary/aromatic N) is 2. The molecule has 0 atom stereocenters. The van der Waals surface area contributed by atoms with Gasteiger partial charge in [-0.25, -0.2) is 4.98 Å². The number of ether oxygens (including phenoxy) is 1. The van der Waals surface area contributed by atoms with E-state index in [2.05, 4.69) is 10.3 Å². The first-order valence-electron chi connectivity index (χ1n) is 9.10. The van der Waals surface area contributed by atoms with Crippen LogP contribution in [0.5, 0.6) is 5.75 Å². The molecular weight excluding hydrogens is 386 g/mol. The van der Waals surface area contributed by atoms with Gasteiger partial charge in [0.15, 0.2) is 5.58 Å². The van der Waals surface area contributed by atoms with Gasteiger partial charge in [0.05, 0.1) is 18.5 Å². The Morgan fingerprint density at radius 2 is 1.97 bits per heavy atom. The van der Waals surface area contributed by atoms with Crippen LogP contribution in [0.1, 0.15) is 5.56 Å². The second-order valence-corrected chi connectivity index (χ2v) is 6.54. The molecule has 0 bridgehead atoms. The number of benzene rings is 3. The Kier molecular flexibility index (Phi) is 5.13. The molecule has 4 rings (SSSR count). The van der Waals surface area contributed by atoms with Gasteiger partial charge in [-0.3, -0.25) is 14.9 Å².